The highest BCUT2D eigenvalue weighted by Gasteiger charge is 2.26. The van der Waals surface area contributed by atoms with Crippen molar-refractivity contribution in [3.8, 4) is 0 Å². The molecule has 2 rings (SSSR count). The summed E-state index contributed by atoms with van der Waals surface area (Å²) in [4.78, 5) is 2.34. The molecule has 0 radical (unpaired) electrons. The number of hydrogen-bond donors (Lipinski definition) is 2. The van der Waals surface area contributed by atoms with E-state index < -0.39 is 0 Å². The highest BCUT2D eigenvalue weighted by Crippen LogP contribution is 2.28. The SMILES string of the molecule is CN(Cc1cc(N)ccc1N)C1CC1. The largest absolute Gasteiger partial charge is 0.399 e. The number of nitrogens with zero attached hydrogens (tertiary/aromatic N) is 1. The molecule has 0 amide bonds. The van der Waals surface area contributed by atoms with E-state index in [1.54, 1.807) is 0 Å². The van der Waals surface area contributed by atoms with Crippen LogP contribution in [0, 0.1) is 0 Å². The molecule has 0 unspecified atom stereocenters. The molecular formula is C11H17N3. The van der Waals surface area contributed by atoms with Crippen molar-refractivity contribution in [1.29, 1.82) is 0 Å². The van der Waals surface area contributed by atoms with Crippen molar-refractivity contribution in [2.45, 2.75) is 25.4 Å². The van der Waals surface area contributed by atoms with Gasteiger partial charge in [0.25, 0.3) is 0 Å². The van der Waals surface area contributed by atoms with Gasteiger partial charge < -0.3 is 11.5 Å². The van der Waals surface area contributed by atoms with Gasteiger partial charge in [0.2, 0.25) is 0 Å². The quantitative estimate of drug-likeness (QED) is 0.711. The number of anilines is 2. The molecule has 0 spiro atoms. The van der Waals surface area contributed by atoms with Crippen LogP contribution in [-0.2, 0) is 6.54 Å². The van der Waals surface area contributed by atoms with Crippen LogP contribution in [0.4, 0.5) is 11.4 Å². The van der Waals surface area contributed by atoms with Crippen LogP contribution in [-0.4, -0.2) is 18.0 Å². The van der Waals surface area contributed by atoms with Gasteiger partial charge in [0.05, 0.1) is 0 Å². The zero-order valence-corrected chi connectivity index (χ0v) is 8.53. The molecule has 3 heteroatoms. The topological polar surface area (TPSA) is 55.3 Å². The monoisotopic (exact) mass is 191 g/mol. The lowest BCUT2D eigenvalue weighted by Crippen LogP contribution is -2.20. The van der Waals surface area contributed by atoms with Gasteiger partial charge in [-0.15, -0.1) is 0 Å². The molecule has 3 nitrogen and oxygen atoms in total. The zero-order valence-electron chi connectivity index (χ0n) is 8.53. The fourth-order valence-corrected chi connectivity index (χ4v) is 1.68. The minimum Gasteiger partial charge on any atom is -0.399 e. The lowest BCUT2D eigenvalue weighted by molar-refractivity contribution is 0.317. The summed E-state index contributed by atoms with van der Waals surface area (Å²) in [7, 11) is 2.14. The van der Waals surface area contributed by atoms with Crippen LogP contribution in [0.1, 0.15) is 18.4 Å². The maximum Gasteiger partial charge on any atom is 0.0361 e. The molecule has 4 N–H and O–H groups in total. The van der Waals surface area contributed by atoms with Crippen LogP contribution in [0.25, 0.3) is 0 Å². The summed E-state index contributed by atoms with van der Waals surface area (Å²) in [5.74, 6) is 0. The lowest BCUT2D eigenvalue weighted by atomic mass is 10.1. The molecule has 1 fully saturated rings. The maximum absolute atomic E-state index is 5.88. The van der Waals surface area contributed by atoms with E-state index >= 15 is 0 Å². The summed E-state index contributed by atoms with van der Waals surface area (Å²) in [5, 5.41) is 0. The Morgan fingerprint density at radius 2 is 2.07 bits per heavy atom. The molecule has 1 aliphatic carbocycles. The number of nitrogens with two attached hydrogens (primary N) is 2. The number of nitrogen functional groups attached to an aromatic ring is 2. The smallest absolute Gasteiger partial charge is 0.0361 e. The third-order valence-electron chi connectivity index (χ3n) is 2.76. The fourth-order valence-electron chi connectivity index (χ4n) is 1.68. The van der Waals surface area contributed by atoms with E-state index in [2.05, 4.69) is 11.9 Å². The summed E-state index contributed by atoms with van der Waals surface area (Å²) < 4.78 is 0. The van der Waals surface area contributed by atoms with E-state index in [1.807, 2.05) is 18.2 Å². The van der Waals surface area contributed by atoms with Crippen molar-refractivity contribution in [2.75, 3.05) is 18.5 Å². The normalized spacial score (nSPS) is 16.1. The molecule has 0 atom stereocenters. The summed E-state index contributed by atoms with van der Waals surface area (Å²) in [6, 6.07) is 6.45. The van der Waals surface area contributed by atoms with Gasteiger partial charge >= 0.3 is 0 Å². The van der Waals surface area contributed by atoms with Gasteiger partial charge in [0, 0.05) is 24.0 Å². The Labute approximate surface area is 84.7 Å². The Balaban J connectivity index is 2.10. The van der Waals surface area contributed by atoms with Crippen molar-refractivity contribution in [3.63, 3.8) is 0 Å². The highest BCUT2D eigenvalue weighted by molar-refractivity contribution is 5.55. The number of hydrogen-bond acceptors (Lipinski definition) is 3. The highest BCUT2D eigenvalue weighted by atomic mass is 15.1. The third kappa shape index (κ3) is 1.99. The summed E-state index contributed by atoms with van der Waals surface area (Å²) >= 11 is 0. The van der Waals surface area contributed by atoms with E-state index in [0.717, 1.165) is 29.5 Å². The predicted molar refractivity (Wildman–Crippen MR) is 59.8 cm³/mol. The van der Waals surface area contributed by atoms with Gasteiger partial charge in [-0.3, -0.25) is 4.90 Å². The first-order valence-corrected chi connectivity index (χ1v) is 5.01. The predicted octanol–water partition coefficient (Wildman–Crippen LogP) is 1.45. The Hall–Kier alpha value is -1.22. The second-order valence-corrected chi connectivity index (χ2v) is 4.10. The van der Waals surface area contributed by atoms with E-state index in [-0.39, 0.29) is 0 Å². The molecule has 1 aromatic rings. The van der Waals surface area contributed by atoms with Gasteiger partial charge in [-0.2, -0.15) is 0 Å². The van der Waals surface area contributed by atoms with Gasteiger partial charge in [0.15, 0.2) is 0 Å². The molecular weight excluding hydrogens is 174 g/mol. The van der Waals surface area contributed by atoms with Crippen LogP contribution in [0.2, 0.25) is 0 Å². The Kier molecular flexibility index (Phi) is 2.33. The molecule has 0 aliphatic heterocycles. The Morgan fingerprint density at radius 3 is 2.71 bits per heavy atom. The van der Waals surface area contributed by atoms with Crippen molar-refractivity contribution in [2.24, 2.45) is 0 Å². The summed E-state index contributed by atoms with van der Waals surface area (Å²) in [5.41, 5.74) is 14.4. The second kappa shape index (κ2) is 3.50. The average molecular weight is 191 g/mol. The fraction of sp³-hybridized carbons (Fsp3) is 0.455. The maximum atomic E-state index is 5.88. The average Bonchev–Trinajstić information content (AvgIpc) is 2.94. The first-order chi connectivity index (χ1) is 6.66. The second-order valence-electron chi connectivity index (χ2n) is 4.10. The van der Waals surface area contributed by atoms with Crippen molar-refractivity contribution in [1.82, 2.24) is 4.90 Å². The minimum absolute atomic E-state index is 0.760. The van der Waals surface area contributed by atoms with Crippen molar-refractivity contribution in [3.05, 3.63) is 23.8 Å². The third-order valence-corrected chi connectivity index (χ3v) is 2.76. The van der Waals surface area contributed by atoms with Crippen molar-refractivity contribution >= 4 is 11.4 Å². The molecule has 76 valence electrons. The molecule has 0 saturated heterocycles. The van der Waals surface area contributed by atoms with Gasteiger partial charge in [0.1, 0.15) is 0 Å². The van der Waals surface area contributed by atoms with Crippen molar-refractivity contribution < 1.29 is 0 Å². The Bertz CT molecular complexity index is 331. The van der Waals surface area contributed by atoms with E-state index in [1.165, 1.54) is 12.8 Å². The summed E-state index contributed by atoms with van der Waals surface area (Å²) in [6.07, 6.45) is 2.64. The lowest BCUT2D eigenvalue weighted by Gasteiger charge is -2.17. The molecule has 14 heavy (non-hydrogen) atoms. The van der Waals surface area contributed by atoms with Gasteiger partial charge in [-0.1, -0.05) is 0 Å². The van der Waals surface area contributed by atoms with E-state index in [9.17, 15) is 0 Å². The molecule has 0 aromatic heterocycles. The number of rotatable bonds is 3. The standard InChI is InChI=1S/C11H17N3/c1-14(10-3-4-10)7-8-6-9(12)2-5-11(8)13/h2,5-6,10H,3-4,7,12-13H2,1H3. The van der Waals surface area contributed by atoms with Crippen LogP contribution >= 0.6 is 0 Å². The molecule has 1 saturated carbocycles. The first-order valence-electron chi connectivity index (χ1n) is 5.01. The minimum atomic E-state index is 0.760. The molecule has 1 aliphatic rings. The molecule has 0 heterocycles. The van der Waals surface area contributed by atoms with Gasteiger partial charge in [-0.25, -0.2) is 0 Å². The van der Waals surface area contributed by atoms with E-state index in [0.29, 0.717) is 0 Å². The van der Waals surface area contributed by atoms with Gasteiger partial charge in [-0.05, 0) is 43.7 Å². The van der Waals surface area contributed by atoms with Crippen LogP contribution in [0.5, 0.6) is 0 Å². The first kappa shape index (κ1) is 9.34. The number of benzene rings is 1. The Morgan fingerprint density at radius 1 is 1.36 bits per heavy atom. The molecule has 0 bridgehead atoms. The van der Waals surface area contributed by atoms with E-state index in [4.69, 9.17) is 11.5 Å². The zero-order chi connectivity index (χ0) is 10.1. The van der Waals surface area contributed by atoms with Crippen LogP contribution in [0.15, 0.2) is 18.2 Å². The summed E-state index contributed by atoms with van der Waals surface area (Å²) in [6.45, 7) is 0.904. The van der Waals surface area contributed by atoms with Crippen LogP contribution in [0.3, 0.4) is 0 Å². The molecule has 1 aromatic carbocycles. The van der Waals surface area contributed by atoms with Crippen LogP contribution < -0.4 is 11.5 Å².